The van der Waals surface area contributed by atoms with Gasteiger partial charge in [0.05, 0.1) is 11.5 Å². The van der Waals surface area contributed by atoms with Gasteiger partial charge in [-0.2, -0.15) is 0 Å². The van der Waals surface area contributed by atoms with E-state index in [1.807, 2.05) is 30.3 Å². The van der Waals surface area contributed by atoms with Crippen LogP contribution in [0.4, 0.5) is 0 Å². The van der Waals surface area contributed by atoms with E-state index in [9.17, 15) is 8.42 Å². The number of nitrogens with one attached hydrogen (secondary N) is 2. The standard InChI is InChI=1S/C19H33N3O3S/c1-3-4-14-25-15-8-12-21-19(20-2)22-13-9-16-26(23,24)17-18-10-6-5-7-11-18/h5-7,10-11H,3-4,8-9,12-17H2,1-2H3,(H2,20,21,22). The molecule has 0 saturated carbocycles. The van der Waals surface area contributed by atoms with Crippen LogP contribution in [0, 0.1) is 0 Å². The molecule has 0 heterocycles. The Labute approximate surface area is 158 Å². The summed E-state index contributed by atoms with van der Waals surface area (Å²) < 4.78 is 29.8. The molecule has 0 saturated heterocycles. The Bertz CT molecular complexity index is 604. The normalized spacial score (nSPS) is 12.2. The zero-order valence-corrected chi connectivity index (χ0v) is 16.9. The molecule has 0 amide bonds. The van der Waals surface area contributed by atoms with E-state index in [1.54, 1.807) is 7.05 Å². The van der Waals surface area contributed by atoms with Gasteiger partial charge < -0.3 is 15.4 Å². The fraction of sp³-hybridized carbons (Fsp3) is 0.632. The predicted molar refractivity (Wildman–Crippen MR) is 108 cm³/mol. The van der Waals surface area contributed by atoms with Crippen molar-refractivity contribution in [2.24, 2.45) is 4.99 Å². The van der Waals surface area contributed by atoms with Crippen molar-refractivity contribution in [2.75, 3.05) is 39.1 Å². The zero-order valence-electron chi connectivity index (χ0n) is 16.0. The van der Waals surface area contributed by atoms with Gasteiger partial charge >= 0.3 is 0 Å². The van der Waals surface area contributed by atoms with Crippen molar-refractivity contribution in [3.05, 3.63) is 35.9 Å². The summed E-state index contributed by atoms with van der Waals surface area (Å²) in [6.07, 6.45) is 3.71. The van der Waals surface area contributed by atoms with Crippen LogP contribution in [-0.2, 0) is 20.3 Å². The predicted octanol–water partition coefficient (Wildman–Crippen LogP) is 2.36. The summed E-state index contributed by atoms with van der Waals surface area (Å²) in [6.45, 7) is 5.05. The average Bonchev–Trinajstić information content (AvgIpc) is 2.63. The summed E-state index contributed by atoms with van der Waals surface area (Å²) in [5.74, 6) is 0.953. The molecule has 0 radical (unpaired) electrons. The Balaban J connectivity index is 2.14. The second-order valence-electron chi connectivity index (χ2n) is 6.18. The topological polar surface area (TPSA) is 79.8 Å². The van der Waals surface area contributed by atoms with Gasteiger partial charge in [-0.25, -0.2) is 8.42 Å². The van der Waals surface area contributed by atoms with E-state index in [0.29, 0.717) is 18.9 Å². The third kappa shape index (κ3) is 11.1. The van der Waals surface area contributed by atoms with Crippen LogP contribution in [0.15, 0.2) is 35.3 Å². The molecule has 6 nitrogen and oxygen atoms in total. The van der Waals surface area contributed by atoms with Crippen LogP contribution >= 0.6 is 0 Å². The zero-order chi connectivity index (χ0) is 19.1. The third-order valence-electron chi connectivity index (χ3n) is 3.78. The molecular formula is C19H33N3O3S. The number of ether oxygens (including phenoxy) is 1. The maximum Gasteiger partial charge on any atom is 0.190 e. The van der Waals surface area contributed by atoms with Crippen molar-refractivity contribution in [3.63, 3.8) is 0 Å². The van der Waals surface area contributed by atoms with E-state index >= 15 is 0 Å². The minimum atomic E-state index is -3.09. The highest BCUT2D eigenvalue weighted by Crippen LogP contribution is 2.06. The number of unbranched alkanes of at least 4 members (excludes halogenated alkanes) is 1. The van der Waals surface area contributed by atoms with Gasteiger partial charge in [0, 0.05) is 33.4 Å². The summed E-state index contributed by atoms with van der Waals surface area (Å²) in [5.41, 5.74) is 0.832. The molecule has 0 aromatic heterocycles. The van der Waals surface area contributed by atoms with Gasteiger partial charge in [0.15, 0.2) is 15.8 Å². The second-order valence-corrected chi connectivity index (χ2v) is 8.36. The van der Waals surface area contributed by atoms with Crippen LogP contribution in [0.25, 0.3) is 0 Å². The largest absolute Gasteiger partial charge is 0.381 e. The Kier molecular flexibility index (Phi) is 11.7. The molecule has 0 fully saturated rings. The summed E-state index contributed by atoms with van der Waals surface area (Å²) >= 11 is 0. The van der Waals surface area contributed by atoms with Crippen molar-refractivity contribution < 1.29 is 13.2 Å². The summed E-state index contributed by atoms with van der Waals surface area (Å²) in [6, 6.07) is 9.28. The number of nitrogens with zero attached hydrogens (tertiary/aromatic N) is 1. The molecule has 1 rings (SSSR count). The van der Waals surface area contributed by atoms with Crippen LogP contribution in [-0.4, -0.2) is 53.5 Å². The van der Waals surface area contributed by atoms with Gasteiger partial charge in [-0.15, -0.1) is 0 Å². The number of benzene rings is 1. The maximum atomic E-state index is 12.1. The van der Waals surface area contributed by atoms with E-state index in [4.69, 9.17) is 4.74 Å². The summed E-state index contributed by atoms with van der Waals surface area (Å²) in [7, 11) is -1.38. The SMILES string of the molecule is CCCCOCCCNC(=NC)NCCCS(=O)(=O)Cc1ccccc1. The lowest BCUT2D eigenvalue weighted by atomic mass is 10.2. The lowest BCUT2D eigenvalue weighted by Gasteiger charge is -2.12. The fourth-order valence-electron chi connectivity index (χ4n) is 2.35. The Morgan fingerprint density at radius 2 is 1.69 bits per heavy atom. The quantitative estimate of drug-likeness (QED) is 0.311. The highest BCUT2D eigenvalue weighted by Gasteiger charge is 2.11. The van der Waals surface area contributed by atoms with Gasteiger partial charge in [0.1, 0.15) is 0 Å². The third-order valence-corrected chi connectivity index (χ3v) is 5.46. The molecule has 1 aromatic rings. The molecule has 148 valence electrons. The number of guanidine groups is 1. The van der Waals surface area contributed by atoms with Crippen LogP contribution in [0.1, 0.15) is 38.2 Å². The molecule has 0 aliphatic heterocycles. The molecule has 2 N–H and O–H groups in total. The van der Waals surface area contributed by atoms with Gasteiger partial charge in [0.2, 0.25) is 0 Å². The average molecular weight is 384 g/mol. The first kappa shape index (κ1) is 22.4. The van der Waals surface area contributed by atoms with E-state index < -0.39 is 9.84 Å². The molecule has 0 atom stereocenters. The highest BCUT2D eigenvalue weighted by molar-refractivity contribution is 7.90. The van der Waals surface area contributed by atoms with Crippen molar-refractivity contribution >= 4 is 15.8 Å². The van der Waals surface area contributed by atoms with Gasteiger partial charge in [-0.05, 0) is 24.8 Å². The Morgan fingerprint density at radius 3 is 2.35 bits per heavy atom. The van der Waals surface area contributed by atoms with Crippen LogP contribution in [0.5, 0.6) is 0 Å². The second kappa shape index (κ2) is 13.6. The first-order chi connectivity index (χ1) is 12.6. The molecule has 0 bridgehead atoms. The number of aliphatic imine (C=N–C) groups is 1. The van der Waals surface area contributed by atoms with E-state index in [2.05, 4.69) is 22.5 Å². The molecular weight excluding hydrogens is 350 g/mol. The number of sulfone groups is 1. The molecule has 26 heavy (non-hydrogen) atoms. The van der Waals surface area contributed by atoms with Gasteiger partial charge in [-0.1, -0.05) is 43.7 Å². The molecule has 1 aromatic carbocycles. The van der Waals surface area contributed by atoms with Crippen molar-refractivity contribution in [2.45, 2.75) is 38.4 Å². The van der Waals surface area contributed by atoms with Crippen molar-refractivity contribution in [1.29, 1.82) is 0 Å². The summed E-state index contributed by atoms with van der Waals surface area (Å²) in [4.78, 5) is 4.14. The minimum absolute atomic E-state index is 0.0961. The molecule has 0 spiro atoms. The van der Waals surface area contributed by atoms with Gasteiger partial charge in [0.25, 0.3) is 0 Å². The maximum absolute atomic E-state index is 12.1. The first-order valence-corrected chi connectivity index (χ1v) is 11.2. The summed E-state index contributed by atoms with van der Waals surface area (Å²) in [5, 5.41) is 6.36. The Hall–Kier alpha value is -1.60. The molecule has 0 unspecified atom stereocenters. The minimum Gasteiger partial charge on any atom is -0.381 e. The van der Waals surface area contributed by atoms with Crippen molar-refractivity contribution in [1.82, 2.24) is 10.6 Å². The fourth-order valence-corrected chi connectivity index (χ4v) is 3.78. The van der Waals surface area contributed by atoms with Crippen molar-refractivity contribution in [3.8, 4) is 0 Å². The number of hydrogen-bond acceptors (Lipinski definition) is 4. The van der Waals surface area contributed by atoms with Crippen LogP contribution in [0.3, 0.4) is 0 Å². The lowest BCUT2D eigenvalue weighted by molar-refractivity contribution is 0.129. The van der Waals surface area contributed by atoms with E-state index in [-0.39, 0.29) is 11.5 Å². The molecule has 0 aliphatic carbocycles. The molecule has 0 aliphatic rings. The number of rotatable bonds is 13. The van der Waals surface area contributed by atoms with Crippen LogP contribution in [0.2, 0.25) is 0 Å². The first-order valence-electron chi connectivity index (χ1n) is 9.34. The smallest absolute Gasteiger partial charge is 0.190 e. The lowest BCUT2D eigenvalue weighted by Crippen LogP contribution is -2.38. The van der Waals surface area contributed by atoms with E-state index in [1.165, 1.54) is 0 Å². The Morgan fingerprint density at radius 1 is 1.04 bits per heavy atom. The number of hydrogen-bond donors (Lipinski definition) is 2. The van der Waals surface area contributed by atoms with E-state index in [0.717, 1.165) is 44.6 Å². The highest BCUT2D eigenvalue weighted by atomic mass is 32.2. The molecule has 7 heteroatoms. The van der Waals surface area contributed by atoms with Gasteiger partial charge in [-0.3, -0.25) is 4.99 Å². The van der Waals surface area contributed by atoms with Crippen LogP contribution < -0.4 is 10.6 Å². The monoisotopic (exact) mass is 383 g/mol.